The van der Waals surface area contributed by atoms with E-state index in [1.807, 2.05) is 30.9 Å². The van der Waals surface area contributed by atoms with E-state index in [2.05, 4.69) is 34.7 Å². The zero-order valence-corrected chi connectivity index (χ0v) is 15.4. The van der Waals surface area contributed by atoms with Gasteiger partial charge in [-0.25, -0.2) is 4.98 Å². The van der Waals surface area contributed by atoms with Gasteiger partial charge in [0.1, 0.15) is 6.04 Å². The molecule has 0 aliphatic carbocycles. The van der Waals surface area contributed by atoms with E-state index in [1.165, 1.54) is 0 Å². The summed E-state index contributed by atoms with van der Waals surface area (Å²) in [4.78, 5) is 19.0. The number of nitrogens with one attached hydrogen (secondary N) is 1. The number of carbonyl (C=O) groups excluding carboxylic acids is 1. The Morgan fingerprint density at radius 3 is 2.54 bits per heavy atom. The third-order valence-electron chi connectivity index (χ3n) is 4.65. The highest BCUT2D eigenvalue weighted by atomic mass is 32.1. The van der Waals surface area contributed by atoms with E-state index < -0.39 is 0 Å². The first-order chi connectivity index (χ1) is 11.5. The summed E-state index contributed by atoms with van der Waals surface area (Å²) in [5.74, 6) is 0.931. The van der Waals surface area contributed by atoms with Crippen LogP contribution in [0.1, 0.15) is 31.7 Å². The number of carbonyl (C=O) groups is 1. The van der Waals surface area contributed by atoms with Crippen LogP contribution in [0.3, 0.4) is 0 Å². The van der Waals surface area contributed by atoms with Gasteiger partial charge in [0.2, 0.25) is 5.91 Å². The Labute approximate surface area is 147 Å². The fraction of sp³-hybridized carbons (Fsp3) is 0.474. The molecular formula is C19H25N3OS. The lowest BCUT2D eigenvalue weighted by atomic mass is 9.99. The summed E-state index contributed by atoms with van der Waals surface area (Å²) < 4.78 is 0. The first kappa shape index (κ1) is 17.0. The number of aryl methyl sites for hydroxylation is 1. The van der Waals surface area contributed by atoms with Crippen LogP contribution in [-0.4, -0.2) is 34.9 Å². The van der Waals surface area contributed by atoms with Gasteiger partial charge >= 0.3 is 0 Å². The molecule has 1 aliphatic heterocycles. The summed E-state index contributed by atoms with van der Waals surface area (Å²) in [5.41, 5.74) is 3.08. The van der Waals surface area contributed by atoms with Crippen LogP contribution >= 0.6 is 11.3 Å². The van der Waals surface area contributed by atoms with Crippen LogP contribution in [-0.2, 0) is 4.79 Å². The van der Waals surface area contributed by atoms with E-state index in [4.69, 9.17) is 0 Å². The second-order valence-electron chi connectivity index (χ2n) is 6.70. The molecule has 0 radical (unpaired) electrons. The van der Waals surface area contributed by atoms with Crippen molar-refractivity contribution in [2.75, 3.05) is 18.4 Å². The van der Waals surface area contributed by atoms with E-state index in [-0.39, 0.29) is 11.9 Å². The van der Waals surface area contributed by atoms with Crippen LogP contribution in [0.25, 0.3) is 11.3 Å². The van der Waals surface area contributed by atoms with Gasteiger partial charge in [-0.2, -0.15) is 0 Å². The van der Waals surface area contributed by atoms with Gasteiger partial charge in [0.05, 0.1) is 10.7 Å². The second kappa shape index (κ2) is 7.34. The molecule has 1 aromatic carbocycles. The molecule has 1 aromatic heterocycles. The fourth-order valence-electron chi connectivity index (χ4n) is 3.05. The Bertz CT molecular complexity index is 687. The van der Waals surface area contributed by atoms with E-state index in [9.17, 15) is 4.79 Å². The molecule has 2 aromatic rings. The van der Waals surface area contributed by atoms with Crippen molar-refractivity contribution in [2.45, 2.75) is 39.7 Å². The number of thiazole rings is 1. The van der Waals surface area contributed by atoms with Crippen LogP contribution in [0.2, 0.25) is 0 Å². The number of aromatic nitrogens is 1. The van der Waals surface area contributed by atoms with Crippen LogP contribution in [0.4, 0.5) is 5.69 Å². The first-order valence-corrected chi connectivity index (χ1v) is 9.49. The summed E-state index contributed by atoms with van der Waals surface area (Å²) in [6, 6.07) is 7.94. The highest BCUT2D eigenvalue weighted by molar-refractivity contribution is 7.09. The summed E-state index contributed by atoms with van der Waals surface area (Å²) >= 11 is 1.66. The second-order valence-corrected chi connectivity index (χ2v) is 7.77. The molecule has 1 aliphatic rings. The number of nitrogens with zero attached hydrogens (tertiary/aromatic N) is 2. The van der Waals surface area contributed by atoms with Crippen LogP contribution < -0.4 is 5.32 Å². The number of piperidine rings is 1. The van der Waals surface area contributed by atoms with Crippen molar-refractivity contribution in [1.82, 2.24) is 9.88 Å². The molecule has 1 N–H and O–H groups in total. The molecule has 0 spiro atoms. The number of anilines is 1. The topological polar surface area (TPSA) is 45.2 Å². The molecule has 4 nitrogen and oxygen atoms in total. The van der Waals surface area contributed by atoms with Crippen LogP contribution in [0.5, 0.6) is 0 Å². The van der Waals surface area contributed by atoms with Gasteiger partial charge < -0.3 is 10.2 Å². The summed E-state index contributed by atoms with van der Waals surface area (Å²) in [6.07, 6.45) is 2.22. The Morgan fingerprint density at radius 1 is 1.29 bits per heavy atom. The van der Waals surface area contributed by atoms with Gasteiger partial charge in [-0.3, -0.25) is 4.79 Å². The molecule has 128 valence electrons. The summed E-state index contributed by atoms with van der Waals surface area (Å²) in [6.45, 7) is 7.98. The predicted molar refractivity (Wildman–Crippen MR) is 100 cm³/mol. The van der Waals surface area contributed by atoms with Gasteiger partial charge in [-0.15, -0.1) is 11.3 Å². The molecule has 1 atom stereocenters. The normalized spacial score (nSPS) is 16.9. The van der Waals surface area contributed by atoms with E-state index in [0.717, 1.165) is 53.8 Å². The van der Waals surface area contributed by atoms with E-state index >= 15 is 0 Å². The smallest absolute Gasteiger partial charge is 0.244 e. The predicted octanol–water partition coefficient (Wildman–Crippen LogP) is 4.18. The number of likely N-dealkylation sites (tertiary alicyclic amines) is 1. The third-order valence-corrected chi connectivity index (χ3v) is 5.42. The van der Waals surface area contributed by atoms with E-state index in [0.29, 0.717) is 0 Å². The molecule has 1 fully saturated rings. The summed E-state index contributed by atoms with van der Waals surface area (Å²) in [5, 5.41) is 6.47. The van der Waals surface area contributed by atoms with Gasteiger partial charge in [-0.1, -0.05) is 19.1 Å². The lowest BCUT2D eigenvalue weighted by molar-refractivity contribution is -0.132. The molecule has 0 saturated carbocycles. The van der Waals surface area contributed by atoms with Gasteiger partial charge in [0.25, 0.3) is 0 Å². The molecule has 24 heavy (non-hydrogen) atoms. The first-order valence-electron chi connectivity index (χ1n) is 8.61. The molecule has 1 amide bonds. The zero-order valence-electron chi connectivity index (χ0n) is 14.6. The number of rotatable bonds is 4. The molecular weight excluding hydrogens is 318 g/mol. The monoisotopic (exact) mass is 343 g/mol. The van der Waals surface area contributed by atoms with Crippen LogP contribution in [0, 0.1) is 12.8 Å². The van der Waals surface area contributed by atoms with Crippen molar-refractivity contribution < 1.29 is 4.79 Å². The van der Waals surface area contributed by atoms with Crippen molar-refractivity contribution in [3.8, 4) is 11.3 Å². The number of hydrogen-bond acceptors (Lipinski definition) is 4. The lowest BCUT2D eigenvalue weighted by Crippen LogP contribution is -2.45. The highest BCUT2D eigenvalue weighted by Gasteiger charge is 2.24. The minimum atomic E-state index is -0.203. The molecule has 0 bridgehead atoms. The maximum absolute atomic E-state index is 12.6. The highest BCUT2D eigenvalue weighted by Crippen LogP contribution is 2.23. The Morgan fingerprint density at radius 2 is 1.96 bits per heavy atom. The number of benzene rings is 1. The summed E-state index contributed by atoms with van der Waals surface area (Å²) in [7, 11) is 0. The fourth-order valence-corrected chi connectivity index (χ4v) is 3.67. The Hall–Kier alpha value is -1.88. The SMILES string of the molecule is Cc1nc(-c2ccc(N[C@H](C)C(=O)N3CCC(C)CC3)cc2)cs1. The van der Waals surface area contributed by atoms with E-state index in [1.54, 1.807) is 11.3 Å². The van der Waals surface area contributed by atoms with Crippen molar-refractivity contribution in [2.24, 2.45) is 5.92 Å². The van der Waals surface area contributed by atoms with Crippen molar-refractivity contribution in [3.63, 3.8) is 0 Å². The van der Waals surface area contributed by atoms with Crippen LogP contribution in [0.15, 0.2) is 29.6 Å². The quantitative estimate of drug-likeness (QED) is 0.906. The standard InChI is InChI=1S/C19H25N3OS/c1-13-8-10-22(11-9-13)19(23)14(2)20-17-6-4-16(5-7-17)18-12-24-15(3)21-18/h4-7,12-14,20H,8-11H2,1-3H3/t14-/m1/s1. The molecule has 0 unspecified atom stereocenters. The molecule has 2 heterocycles. The Kier molecular flexibility index (Phi) is 5.19. The van der Waals surface area contributed by atoms with Gasteiger partial charge in [0, 0.05) is 29.7 Å². The van der Waals surface area contributed by atoms with Gasteiger partial charge in [-0.05, 0) is 44.7 Å². The maximum Gasteiger partial charge on any atom is 0.244 e. The largest absolute Gasteiger partial charge is 0.374 e. The minimum absolute atomic E-state index is 0.195. The zero-order chi connectivity index (χ0) is 17.1. The molecule has 3 rings (SSSR count). The van der Waals surface area contributed by atoms with Crippen molar-refractivity contribution in [3.05, 3.63) is 34.7 Å². The molecule has 1 saturated heterocycles. The average Bonchev–Trinajstić information content (AvgIpc) is 3.02. The number of hydrogen-bond donors (Lipinski definition) is 1. The lowest BCUT2D eigenvalue weighted by Gasteiger charge is -2.32. The average molecular weight is 343 g/mol. The third kappa shape index (κ3) is 3.96. The van der Waals surface area contributed by atoms with Crippen molar-refractivity contribution in [1.29, 1.82) is 0 Å². The Balaban J connectivity index is 1.60. The minimum Gasteiger partial charge on any atom is -0.374 e. The maximum atomic E-state index is 12.6. The van der Waals surface area contributed by atoms with Crippen molar-refractivity contribution >= 4 is 22.9 Å². The molecule has 5 heteroatoms. The number of amides is 1. The van der Waals surface area contributed by atoms with Gasteiger partial charge in [0.15, 0.2) is 0 Å².